The van der Waals surface area contributed by atoms with Crippen molar-refractivity contribution in [3.8, 4) is 11.5 Å². The smallest absolute Gasteiger partial charge is 0.263 e. The molecule has 1 N–H and O–H groups in total. The van der Waals surface area contributed by atoms with Crippen LogP contribution in [0.4, 0.5) is 15.8 Å². The normalized spacial score (nSPS) is 21.5. The summed E-state index contributed by atoms with van der Waals surface area (Å²) in [7, 11) is 0. The van der Waals surface area contributed by atoms with Crippen LogP contribution in [-0.2, 0) is 14.4 Å². The van der Waals surface area contributed by atoms with Gasteiger partial charge >= 0.3 is 0 Å². The van der Waals surface area contributed by atoms with Gasteiger partial charge in [0, 0.05) is 11.8 Å². The van der Waals surface area contributed by atoms with Crippen molar-refractivity contribution < 1.29 is 28.2 Å². The fourth-order valence-corrected chi connectivity index (χ4v) is 3.69. The van der Waals surface area contributed by atoms with Crippen molar-refractivity contribution in [3.05, 3.63) is 48.3 Å². The second-order valence-corrected chi connectivity index (χ2v) is 7.09. The standard InChI is InChI=1S/C20H16FN5O5/c21-11-2-1-3-12(8-11)22-16(27)10-25-18-17(23-24-25)19(28)26(20(18)29)13-4-5-14-15(9-13)31-7-6-30-14/h1-5,8-9,17-18H,6-7,10H2,(H,22,27)/t17-,18-/m1/s1. The summed E-state index contributed by atoms with van der Waals surface area (Å²) in [6.45, 7) is 0.465. The average Bonchev–Trinajstić information content (AvgIpc) is 3.27. The van der Waals surface area contributed by atoms with Crippen molar-refractivity contribution in [2.24, 2.45) is 10.3 Å². The lowest BCUT2D eigenvalue weighted by Gasteiger charge is -2.22. The first-order valence-corrected chi connectivity index (χ1v) is 9.51. The van der Waals surface area contributed by atoms with Gasteiger partial charge in [-0.15, -0.1) is 0 Å². The second kappa shape index (κ2) is 7.35. The fourth-order valence-electron chi connectivity index (χ4n) is 3.69. The van der Waals surface area contributed by atoms with Crippen LogP contribution in [0.2, 0.25) is 0 Å². The zero-order valence-corrected chi connectivity index (χ0v) is 16.0. The minimum absolute atomic E-state index is 0.268. The molecule has 0 radical (unpaired) electrons. The average molecular weight is 425 g/mol. The SMILES string of the molecule is O=C(CN1N=N[C@H]2C(=O)N(c3ccc4c(c3)OCCO4)C(=O)[C@@H]21)Nc1cccc(F)c1. The van der Waals surface area contributed by atoms with Gasteiger partial charge in [-0.1, -0.05) is 11.3 Å². The van der Waals surface area contributed by atoms with Crippen molar-refractivity contribution >= 4 is 29.1 Å². The van der Waals surface area contributed by atoms with E-state index in [2.05, 4.69) is 15.7 Å². The molecule has 3 heterocycles. The molecule has 10 nitrogen and oxygen atoms in total. The number of nitrogens with zero attached hydrogens (tertiary/aromatic N) is 4. The van der Waals surface area contributed by atoms with Gasteiger partial charge in [0.05, 0.1) is 5.69 Å². The first-order chi connectivity index (χ1) is 15.0. The third-order valence-corrected chi connectivity index (χ3v) is 5.06. The van der Waals surface area contributed by atoms with Crippen LogP contribution in [0.5, 0.6) is 11.5 Å². The van der Waals surface area contributed by atoms with E-state index >= 15 is 0 Å². The van der Waals surface area contributed by atoms with E-state index in [0.717, 1.165) is 9.91 Å². The van der Waals surface area contributed by atoms with Crippen LogP contribution in [0.25, 0.3) is 0 Å². The van der Waals surface area contributed by atoms with Crippen LogP contribution in [-0.4, -0.2) is 54.6 Å². The highest BCUT2D eigenvalue weighted by molar-refractivity contribution is 6.25. The largest absolute Gasteiger partial charge is 0.486 e. The highest BCUT2D eigenvalue weighted by Crippen LogP contribution is 2.37. The van der Waals surface area contributed by atoms with E-state index in [-0.39, 0.29) is 12.2 Å². The van der Waals surface area contributed by atoms with Gasteiger partial charge < -0.3 is 14.8 Å². The van der Waals surface area contributed by atoms with Crippen molar-refractivity contribution in [2.75, 3.05) is 30.0 Å². The molecule has 2 aromatic rings. The maximum Gasteiger partial charge on any atom is 0.263 e. The number of ether oxygens (including phenoxy) is 2. The van der Waals surface area contributed by atoms with E-state index in [1.54, 1.807) is 18.2 Å². The lowest BCUT2D eigenvalue weighted by molar-refractivity contribution is -0.123. The zero-order chi connectivity index (χ0) is 21.5. The maximum atomic E-state index is 13.3. The monoisotopic (exact) mass is 425 g/mol. The van der Waals surface area contributed by atoms with E-state index in [1.165, 1.54) is 24.3 Å². The molecule has 11 heteroatoms. The second-order valence-electron chi connectivity index (χ2n) is 7.09. The Hall–Kier alpha value is -4.02. The molecule has 5 rings (SSSR count). The molecule has 0 aromatic heterocycles. The minimum Gasteiger partial charge on any atom is -0.486 e. The number of carbonyl (C=O) groups excluding carboxylic acids is 3. The van der Waals surface area contributed by atoms with Gasteiger partial charge in [0.25, 0.3) is 11.8 Å². The molecule has 31 heavy (non-hydrogen) atoms. The fraction of sp³-hybridized carbons (Fsp3) is 0.250. The Morgan fingerprint density at radius 2 is 1.90 bits per heavy atom. The molecular formula is C20H16FN5O5. The maximum absolute atomic E-state index is 13.3. The van der Waals surface area contributed by atoms with Gasteiger partial charge in [0.15, 0.2) is 23.6 Å². The molecule has 0 unspecified atom stereocenters. The molecule has 2 aromatic carbocycles. The summed E-state index contributed by atoms with van der Waals surface area (Å²) in [4.78, 5) is 39.3. The number of nitrogens with one attached hydrogen (secondary N) is 1. The summed E-state index contributed by atoms with van der Waals surface area (Å²) in [5.41, 5.74) is 0.595. The molecule has 0 saturated carbocycles. The Morgan fingerprint density at radius 1 is 1.10 bits per heavy atom. The quantitative estimate of drug-likeness (QED) is 0.744. The third kappa shape index (κ3) is 3.33. The predicted octanol–water partition coefficient (Wildman–Crippen LogP) is 1.53. The van der Waals surface area contributed by atoms with Gasteiger partial charge in [0.2, 0.25) is 5.91 Å². The molecule has 158 valence electrons. The van der Waals surface area contributed by atoms with E-state index < -0.39 is 35.6 Å². The van der Waals surface area contributed by atoms with Crippen molar-refractivity contribution in [3.63, 3.8) is 0 Å². The highest BCUT2D eigenvalue weighted by Gasteiger charge is 2.55. The summed E-state index contributed by atoms with van der Waals surface area (Å²) in [5.74, 6) is -1.13. The van der Waals surface area contributed by atoms with Crippen LogP contribution in [0.1, 0.15) is 0 Å². The number of fused-ring (bicyclic) bond motifs is 2. The van der Waals surface area contributed by atoms with Crippen LogP contribution >= 0.6 is 0 Å². The number of carbonyl (C=O) groups is 3. The molecule has 0 aliphatic carbocycles. The summed E-state index contributed by atoms with van der Waals surface area (Å²) >= 11 is 0. The van der Waals surface area contributed by atoms with E-state index in [1.807, 2.05) is 0 Å². The van der Waals surface area contributed by atoms with Crippen molar-refractivity contribution in [1.82, 2.24) is 5.01 Å². The van der Waals surface area contributed by atoms with E-state index in [0.29, 0.717) is 30.4 Å². The van der Waals surface area contributed by atoms with Gasteiger partial charge in [0.1, 0.15) is 25.6 Å². The number of hydrogen-bond donors (Lipinski definition) is 1. The molecule has 0 bridgehead atoms. The van der Waals surface area contributed by atoms with Crippen LogP contribution in [0.15, 0.2) is 52.8 Å². The van der Waals surface area contributed by atoms with Gasteiger partial charge in [-0.2, -0.15) is 5.11 Å². The lowest BCUT2D eigenvalue weighted by Crippen LogP contribution is -2.43. The molecule has 1 saturated heterocycles. The minimum atomic E-state index is -1.04. The highest BCUT2D eigenvalue weighted by atomic mass is 19.1. The Kier molecular flexibility index (Phi) is 4.50. The number of amides is 3. The van der Waals surface area contributed by atoms with Crippen molar-refractivity contribution in [1.29, 1.82) is 0 Å². The van der Waals surface area contributed by atoms with Crippen molar-refractivity contribution in [2.45, 2.75) is 12.1 Å². The first kappa shape index (κ1) is 19.0. The van der Waals surface area contributed by atoms with Gasteiger partial charge in [-0.3, -0.25) is 19.4 Å². The number of hydrogen-bond acceptors (Lipinski definition) is 8. The molecule has 0 spiro atoms. The molecule has 1 fully saturated rings. The number of benzene rings is 2. The first-order valence-electron chi connectivity index (χ1n) is 9.51. The predicted molar refractivity (Wildman–Crippen MR) is 104 cm³/mol. The molecule has 3 aliphatic rings. The Bertz CT molecular complexity index is 1120. The van der Waals surface area contributed by atoms with Crippen LogP contribution < -0.4 is 19.7 Å². The lowest BCUT2D eigenvalue weighted by atomic mass is 10.1. The number of imide groups is 1. The molecule has 2 atom stereocenters. The van der Waals surface area contributed by atoms with Crippen LogP contribution in [0.3, 0.4) is 0 Å². The topological polar surface area (TPSA) is 113 Å². The summed E-state index contributed by atoms with van der Waals surface area (Å²) in [6.07, 6.45) is 0. The Balaban J connectivity index is 1.32. The van der Waals surface area contributed by atoms with Gasteiger partial charge in [-0.05, 0) is 30.3 Å². The number of halogens is 1. The van der Waals surface area contributed by atoms with Crippen LogP contribution in [0, 0.1) is 5.82 Å². The van der Waals surface area contributed by atoms with E-state index in [4.69, 9.17) is 9.47 Å². The summed E-state index contributed by atoms with van der Waals surface area (Å²) in [5, 5.41) is 11.4. The summed E-state index contributed by atoms with van der Waals surface area (Å²) < 4.78 is 24.3. The van der Waals surface area contributed by atoms with Gasteiger partial charge in [-0.25, -0.2) is 9.29 Å². The third-order valence-electron chi connectivity index (χ3n) is 5.06. The number of anilines is 2. The summed E-state index contributed by atoms with van der Waals surface area (Å²) in [6, 6.07) is 8.12. The molecule has 3 aliphatic heterocycles. The molecule has 3 amide bonds. The Morgan fingerprint density at radius 3 is 2.71 bits per heavy atom. The number of rotatable bonds is 4. The molecular weight excluding hydrogens is 409 g/mol. The Labute approximate surface area is 175 Å². The zero-order valence-electron chi connectivity index (χ0n) is 16.0. The van der Waals surface area contributed by atoms with E-state index in [9.17, 15) is 18.8 Å².